The molecule has 0 heterocycles. The van der Waals surface area contributed by atoms with E-state index in [0.29, 0.717) is 6.42 Å². The number of hydrogen-bond donors (Lipinski definition) is 2. The maximum atomic E-state index is 12.3. The van der Waals surface area contributed by atoms with Gasteiger partial charge in [-0.3, -0.25) is 0 Å². The van der Waals surface area contributed by atoms with Gasteiger partial charge in [0.25, 0.3) is 0 Å². The molecule has 0 saturated heterocycles. The van der Waals surface area contributed by atoms with Gasteiger partial charge in [-0.15, -0.1) is 0 Å². The molecule has 0 aromatic heterocycles. The molecule has 0 fully saturated rings. The van der Waals surface area contributed by atoms with Crippen LogP contribution in [-0.4, -0.2) is 26.2 Å². The summed E-state index contributed by atoms with van der Waals surface area (Å²) in [6, 6.07) is 5.27. The largest absolute Gasteiger partial charge is 0.395 e. The van der Waals surface area contributed by atoms with Gasteiger partial charge in [0, 0.05) is 6.04 Å². The van der Waals surface area contributed by atoms with Crippen LogP contribution in [-0.2, 0) is 10.0 Å². The first kappa shape index (κ1) is 17.9. The van der Waals surface area contributed by atoms with E-state index in [0.717, 1.165) is 0 Å². The van der Waals surface area contributed by atoms with Gasteiger partial charge in [-0.1, -0.05) is 32.4 Å². The highest BCUT2D eigenvalue weighted by molar-refractivity contribution is 7.89. The second-order valence-electron chi connectivity index (χ2n) is 6.02. The minimum Gasteiger partial charge on any atom is -0.395 e. The quantitative estimate of drug-likeness (QED) is 0.866. The van der Waals surface area contributed by atoms with E-state index >= 15 is 0 Å². The SMILES string of the molecule is CC(C)(C)CC(CO)NS(=O)(=O)c1ccc(C#N)cc1Cl. The van der Waals surface area contributed by atoms with E-state index in [1.165, 1.54) is 18.2 Å². The zero-order valence-electron chi connectivity index (χ0n) is 12.2. The number of nitrogens with one attached hydrogen (secondary N) is 1. The lowest BCUT2D eigenvalue weighted by Crippen LogP contribution is -2.40. The average Bonchev–Trinajstić information content (AvgIpc) is 2.35. The third-order valence-electron chi connectivity index (χ3n) is 2.75. The monoisotopic (exact) mass is 330 g/mol. The molecule has 0 radical (unpaired) electrons. The molecule has 21 heavy (non-hydrogen) atoms. The van der Waals surface area contributed by atoms with Crippen molar-refractivity contribution in [1.82, 2.24) is 4.72 Å². The fourth-order valence-electron chi connectivity index (χ4n) is 1.95. The summed E-state index contributed by atoms with van der Waals surface area (Å²) in [6.07, 6.45) is 0.483. The number of aliphatic hydroxyl groups excluding tert-OH is 1. The molecule has 0 amide bonds. The fourth-order valence-corrected chi connectivity index (χ4v) is 3.73. The van der Waals surface area contributed by atoms with Gasteiger partial charge in [0.15, 0.2) is 0 Å². The van der Waals surface area contributed by atoms with Crippen LogP contribution in [0.25, 0.3) is 0 Å². The predicted octanol–water partition coefficient (Wildman–Crippen LogP) is 2.29. The van der Waals surface area contributed by atoms with E-state index < -0.39 is 16.1 Å². The summed E-state index contributed by atoms with van der Waals surface area (Å²) in [7, 11) is -3.85. The lowest BCUT2D eigenvalue weighted by Gasteiger charge is -2.25. The molecule has 0 aliphatic rings. The molecule has 0 aliphatic heterocycles. The molecule has 0 spiro atoms. The number of rotatable bonds is 5. The Labute approximate surface area is 130 Å². The molecule has 1 unspecified atom stereocenters. The van der Waals surface area contributed by atoms with Crippen molar-refractivity contribution in [3.8, 4) is 6.07 Å². The molecule has 2 N–H and O–H groups in total. The summed E-state index contributed by atoms with van der Waals surface area (Å²) < 4.78 is 27.1. The van der Waals surface area contributed by atoms with Gasteiger partial charge in [-0.2, -0.15) is 5.26 Å². The summed E-state index contributed by atoms with van der Waals surface area (Å²) in [6.45, 7) is 5.57. The van der Waals surface area contributed by atoms with Gasteiger partial charge in [0.05, 0.1) is 23.3 Å². The van der Waals surface area contributed by atoms with Crippen molar-refractivity contribution in [2.24, 2.45) is 5.41 Å². The summed E-state index contributed by atoms with van der Waals surface area (Å²) in [5, 5.41) is 18.1. The minimum atomic E-state index is -3.85. The number of aliphatic hydroxyl groups is 1. The van der Waals surface area contributed by atoms with Crippen LogP contribution in [0, 0.1) is 16.7 Å². The molecule has 5 nitrogen and oxygen atoms in total. The van der Waals surface area contributed by atoms with Gasteiger partial charge in [0.2, 0.25) is 10.0 Å². The average molecular weight is 331 g/mol. The third-order valence-corrected chi connectivity index (χ3v) is 4.75. The number of sulfonamides is 1. The van der Waals surface area contributed by atoms with Gasteiger partial charge in [-0.25, -0.2) is 13.1 Å². The molecule has 1 rings (SSSR count). The number of nitriles is 1. The highest BCUT2D eigenvalue weighted by atomic mass is 35.5. The lowest BCUT2D eigenvalue weighted by molar-refractivity contribution is 0.214. The standard InChI is InChI=1S/C14H19ClN2O3S/c1-14(2,3)7-11(9-18)17-21(19,20)13-5-4-10(8-16)6-12(13)15/h4-6,11,17-18H,7,9H2,1-3H3. The van der Waals surface area contributed by atoms with E-state index in [1.54, 1.807) is 0 Å². The predicted molar refractivity (Wildman–Crippen MR) is 81.4 cm³/mol. The first-order valence-electron chi connectivity index (χ1n) is 6.42. The molecular formula is C14H19ClN2O3S. The summed E-state index contributed by atoms with van der Waals surface area (Å²) >= 11 is 5.92. The maximum absolute atomic E-state index is 12.3. The molecule has 1 atom stereocenters. The molecule has 1 aromatic carbocycles. The Morgan fingerprint density at radius 3 is 2.48 bits per heavy atom. The number of hydrogen-bond acceptors (Lipinski definition) is 4. The summed E-state index contributed by atoms with van der Waals surface area (Å²) in [5.41, 5.74) is 0.150. The Balaban J connectivity index is 3.03. The molecule has 7 heteroatoms. The Morgan fingerprint density at radius 2 is 2.05 bits per heavy atom. The molecule has 0 saturated carbocycles. The van der Waals surface area contributed by atoms with Gasteiger partial charge >= 0.3 is 0 Å². The van der Waals surface area contributed by atoms with Crippen LogP contribution in [0.15, 0.2) is 23.1 Å². The molecule has 1 aromatic rings. The van der Waals surface area contributed by atoms with Crippen LogP contribution in [0.1, 0.15) is 32.8 Å². The van der Waals surface area contributed by atoms with Gasteiger partial charge < -0.3 is 5.11 Å². The normalized spacial score (nSPS) is 13.7. The Hall–Kier alpha value is -1.13. The summed E-state index contributed by atoms with van der Waals surface area (Å²) in [4.78, 5) is -0.101. The van der Waals surface area contributed by atoms with Crippen molar-refractivity contribution in [3.05, 3.63) is 28.8 Å². The molecule has 0 bridgehead atoms. The number of halogens is 1. The Kier molecular flexibility index (Phi) is 5.76. The first-order valence-corrected chi connectivity index (χ1v) is 8.28. The number of nitrogens with zero attached hydrogens (tertiary/aromatic N) is 1. The maximum Gasteiger partial charge on any atom is 0.242 e. The third kappa shape index (κ3) is 5.29. The molecular weight excluding hydrogens is 312 g/mol. The lowest BCUT2D eigenvalue weighted by atomic mass is 9.89. The summed E-state index contributed by atoms with van der Waals surface area (Å²) in [5.74, 6) is 0. The van der Waals surface area contributed by atoms with Crippen LogP contribution >= 0.6 is 11.6 Å². The van der Waals surface area contributed by atoms with Gasteiger partial charge in [0.1, 0.15) is 4.90 Å². The van der Waals surface area contributed by atoms with Crippen molar-refractivity contribution < 1.29 is 13.5 Å². The Bertz CT molecular complexity index is 645. The zero-order chi connectivity index (χ0) is 16.3. The second-order valence-corrected chi connectivity index (χ2v) is 8.11. The van der Waals surface area contributed by atoms with Crippen molar-refractivity contribution in [2.45, 2.75) is 38.1 Å². The van der Waals surface area contributed by atoms with E-state index in [1.807, 2.05) is 26.8 Å². The van der Waals surface area contributed by atoms with Crippen LogP contribution in [0.2, 0.25) is 5.02 Å². The Morgan fingerprint density at radius 1 is 1.43 bits per heavy atom. The van der Waals surface area contributed by atoms with Gasteiger partial charge in [-0.05, 0) is 30.0 Å². The van der Waals surface area contributed by atoms with E-state index in [-0.39, 0.29) is 27.5 Å². The van der Waals surface area contributed by atoms with E-state index in [2.05, 4.69) is 4.72 Å². The minimum absolute atomic E-state index is 0.0194. The smallest absolute Gasteiger partial charge is 0.242 e. The van der Waals surface area contributed by atoms with Crippen molar-refractivity contribution in [3.63, 3.8) is 0 Å². The van der Waals surface area contributed by atoms with Crippen molar-refractivity contribution in [1.29, 1.82) is 5.26 Å². The number of benzene rings is 1. The van der Waals surface area contributed by atoms with Crippen LogP contribution in [0.5, 0.6) is 0 Å². The van der Waals surface area contributed by atoms with E-state index in [4.69, 9.17) is 16.9 Å². The van der Waals surface area contributed by atoms with Crippen LogP contribution in [0.4, 0.5) is 0 Å². The fraction of sp³-hybridized carbons (Fsp3) is 0.500. The van der Waals surface area contributed by atoms with Crippen molar-refractivity contribution >= 4 is 21.6 Å². The second kappa shape index (κ2) is 6.75. The molecule has 116 valence electrons. The topological polar surface area (TPSA) is 90.2 Å². The van der Waals surface area contributed by atoms with E-state index in [9.17, 15) is 13.5 Å². The van der Waals surface area contributed by atoms with Crippen LogP contribution < -0.4 is 4.72 Å². The van der Waals surface area contributed by atoms with Crippen molar-refractivity contribution in [2.75, 3.05) is 6.61 Å². The first-order chi connectivity index (χ1) is 9.59. The highest BCUT2D eigenvalue weighted by Crippen LogP contribution is 2.25. The zero-order valence-corrected chi connectivity index (χ0v) is 13.8. The van der Waals surface area contributed by atoms with Crippen LogP contribution in [0.3, 0.4) is 0 Å². The highest BCUT2D eigenvalue weighted by Gasteiger charge is 2.25. The molecule has 0 aliphatic carbocycles.